The van der Waals surface area contributed by atoms with Crippen LogP contribution in [0.1, 0.15) is 24.3 Å². The first-order valence-electron chi connectivity index (χ1n) is 10.5. The molecule has 3 heterocycles. The van der Waals surface area contributed by atoms with Crippen LogP contribution in [0.15, 0.2) is 40.2 Å². The number of rotatable bonds is 9. The molecule has 32 heavy (non-hydrogen) atoms. The fourth-order valence-electron chi connectivity index (χ4n) is 3.60. The molecule has 1 amide bonds. The minimum Gasteiger partial charge on any atom is -0.355 e. The first kappa shape index (κ1) is 23.6. The van der Waals surface area contributed by atoms with Gasteiger partial charge in [-0.15, -0.1) is 11.3 Å². The number of thiophene rings is 1. The molecule has 6 nitrogen and oxygen atoms in total. The van der Waals surface area contributed by atoms with Crippen molar-refractivity contribution in [3.05, 3.63) is 57.2 Å². The number of piperidine rings is 1. The highest BCUT2D eigenvalue weighted by Gasteiger charge is 2.25. The summed E-state index contributed by atoms with van der Waals surface area (Å²) in [6.07, 6.45) is 1.67. The Bertz CT molecular complexity index is 1000. The fourth-order valence-corrected chi connectivity index (χ4v) is 5.85. The number of thioether (sulfide) groups is 1. The summed E-state index contributed by atoms with van der Waals surface area (Å²) in [7, 11) is 0. The molecule has 0 radical (unpaired) electrons. The molecule has 10 heteroatoms. The number of hydrogen-bond donors (Lipinski definition) is 1. The normalized spacial score (nSPS) is 15.2. The van der Waals surface area contributed by atoms with Gasteiger partial charge in [0.2, 0.25) is 17.6 Å². The van der Waals surface area contributed by atoms with Crippen LogP contribution in [-0.4, -0.2) is 46.3 Å². The van der Waals surface area contributed by atoms with Gasteiger partial charge in [0.05, 0.1) is 11.4 Å². The zero-order valence-corrected chi connectivity index (χ0v) is 20.6. The average Bonchev–Trinajstić information content (AvgIpc) is 3.48. The molecule has 1 aliphatic rings. The molecule has 0 atom stereocenters. The molecule has 3 aromatic rings. The Balaban J connectivity index is 1.13. The number of carbonyl (C=O) groups excluding carboxylic acids is 1. The quantitative estimate of drug-likeness (QED) is 0.390. The first-order chi connectivity index (χ1) is 15.6. The second kappa shape index (κ2) is 11.5. The number of nitrogens with zero attached hydrogens (tertiary/aromatic N) is 3. The number of hydrogen-bond acceptors (Lipinski definition) is 7. The minimum atomic E-state index is 0.0543. The Morgan fingerprint density at radius 3 is 2.72 bits per heavy atom. The largest absolute Gasteiger partial charge is 0.355 e. The Hall–Kier alpha value is -1.58. The van der Waals surface area contributed by atoms with Crippen LogP contribution in [0.4, 0.5) is 0 Å². The number of carbonyl (C=O) groups is 1. The second-order valence-electron chi connectivity index (χ2n) is 7.58. The van der Waals surface area contributed by atoms with Crippen LogP contribution >= 0.6 is 46.3 Å². The van der Waals surface area contributed by atoms with Crippen molar-refractivity contribution >= 4 is 52.2 Å². The molecule has 0 bridgehead atoms. The maximum absolute atomic E-state index is 12.5. The maximum atomic E-state index is 12.5. The lowest BCUT2D eigenvalue weighted by atomic mass is 9.96. The Morgan fingerprint density at radius 2 is 2.00 bits per heavy atom. The molecule has 2 aromatic heterocycles. The molecule has 1 aromatic carbocycles. The van der Waals surface area contributed by atoms with Crippen molar-refractivity contribution in [2.75, 3.05) is 25.4 Å². The van der Waals surface area contributed by atoms with Crippen molar-refractivity contribution in [2.45, 2.75) is 25.1 Å². The van der Waals surface area contributed by atoms with Gasteiger partial charge < -0.3 is 9.84 Å². The molecular formula is C22H24Cl2N4O2S2. The van der Waals surface area contributed by atoms with E-state index >= 15 is 0 Å². The summed E-state index contributed by atoms with van der Waals surface area (Å²) < 4.78 is 5.39. The molecule has 0 unspecified atom stereocenters. The third-order valence-electron chi connectivity index (χ3n) is 5.38. The predicted molar refractivity (Wildman–Crippen MR) is 131 cm³/mol. The van der Waals surface area contributed by atoms with Crippen molar-refractivity contribution in [3.63, 3.8) is 0 Å². The molecule has 0 saturated carbocycles. The van der Waals surface area contributed by atoms with Crippen LogP contribution < -0.4 is 5.32 Å². The van der Waals surface area contributed by atoms with Crippen molar-refractivity contribution in [2.24, 2.45) is 5.92 Å². The van der Waals surface area contributed by atoms with Gasteiger partial charge in [-0.25, -0.2) is 0 Å². The van der Waals surface area contributed by atoms with E-state index in [-0.39, 0.29) is 11.8 Å². The van der Waals surface area contributed by atoms with Gasteiger partial charge >= 0.3 is 0 Å². The summed E-state index contributed by atoms with van der Waals surface area (Å²) in [5.41, 5.74) is 0.947. The zero-order chi connectivity index (χ0) is 22.3. The van der Waals surface area contributed by atoms with Gasteiger partial charge in [0, 0.05) is 34.0 Å². The summed E-state index contributed by atoms with van der Waals surface area (Å²) >= 11 is 15.7. The summed E-state index contributed by atoms with van der Waals surface area (Å²) in [5, 5.41) is 10.5. The van der Waals surface area contributed by atoms with Gasteiger partial charge in [-0.3, -0.25) is 9.69 Å². The Labute approximate surface area is 205 Å². The van der Waals surface area contributed by atoms with Crippen LogP contribution in [0.25, 0.3) is 10.7 Å². The number of benzene rings is 1. The van der Waals surface area contributed by atoms with Gasteiger partial charge in [-0.05, 0) is 55.1 Å². The van der Waals surface area contributed by atoms with E-state index in [0.717, 1.165) is 47.9 Å². The Morgan fingerprint density at radius 1 is 1.22 bits per heavy atom. The molecule has 1 fully saturated rings. The van der Waals surface area contributed by atoms with Crippen molar-refractivity contribution in [3.8, 4) is 10.7 Å². The van der Waals surface area contributed by atoms with Crippen LogP contribution in [0.3, 0.4) is 0 Å². The third kappa shape index (κ3) is 6.26. The van der Waals surface area contributed by atoms with E-state index in [9.17, 15) is 4.79 Å². The number of aromatic nitrogens is 2. The van der Waals surface area contributed by atoms with E-state index < -0.39 is 0 Å². The maximum Gasteiger partial charge on any atom is 0.241 e. The highest BCUT2D eigenvalue weighted by molar-refractivity contribution is 7.98. The topological polar surface area (TPSA) is 71.3 Å². The number of amides is 1. The first-order valence-corrected chi connectivity index (χ1v) is 13.3. The smallest absolute Gasteiger partial charge is 0.241 e. The van der Waals surface area contributed by atoms with Crippen molar-refractivity contribution in [1.29, 1.82) is 0 Å². The van der Waals surface area contributed by atoms with Crippen LogP contribution in [0.2, 0.25) is 10.0 Å². The standard InChI is InChI=1S/C22H24Cl2N4O2S2/c23-17-3-1-4-18(24)16(17)14-31-12-8-25-22(29)15-6-9-28(10-7-15)13-20-26-21(27-30-20)19-5-2-11-32-19/h1-5,11,15H,6-10,12-14H2,(H,25,29). The molecule has 0 spiro atoms. The molecule has 1 saturated heterocycles. The summed E-state index contributed by atoms with van der Waals surface area (Å²) in [6, 6.07) is 9.49. The van der Waals surface area contributed by atoms with Crippen LogP contribution in [-0.2, 0) is 17.1 Å². The van der Waals surface area contributed by atoms with Gasteiger partial charge in [-0.2, -0.15) is 16.7 Å². The van der Waals surface area contributed by atoms with Crippen LogP contribution in [0, 0.1) is 5.92 Å². The molecule has 4 rings (SSSR count). The molecule has 170 valence electrons. The predicted octanol–water partition coefficient (Wildman–Crippen LogP) is 5.37. The van der Waals surface area contributed by atoms with E-state index in [4.69, 9.17) is 27.7 Å². The van der Waals surface area contributed by atoms with Gasteiger partial charge in [-0.1, -0.05) is 40.5 Å². The highest BCUT2D eigenvalue weighted by atomic mass is 35.5. The van der Waals surface area contributed by atoms with Gasteiger partial charge in [0.25, 0.3) is 0 Å². The van der Waals surface area contributed by atoms with Crippen molar-refractivity contribution in [1.82, 2.24) is 20.4 Å². The Kier molecular flexibility index (Phi) is 8.49. The van der Waals surface area contributed by atoms with Gasteiger partial charge in [0.15, 0.2) is 0 Å². The molecule has 1 N–H and O–H groups in total. The molecule has 0 aliphatic carbocycles. The van der Waals surface area contributed by atoms with E-state index in [0.29, 0.717) is 34.8 Å². The molecular weight excluding hydrogens is 487 g/mol. The highest BCUT2D eigenvalue weighted by Crippen LogP contribution is 2.28. The lowest BCUT2D eigenvalue weighted by Crippen LogP contribution is -2.40. The fraction of sp³-hybridized carbons (Fsp3) is 0.409. The SMILES string of the molecule is O=C(NCCSCc1c(Cl)cccc1Cl)C1CCN(Cc2nc(-c3cccs3)no2)CC1. The molecule has 1 aliphatic heterocycles. The minimum absolute atomic E-state index is 0.0543. The number of likely N-dealkylation sites (tertiary alicyclic amines) is 1. The zero-order valence-electron chi connectivity index (χ0n) is 17.4. The number of nitrogens with one attached hydrogen (secondary N) is 1. The van der Waals surface area contributed by atoms with E-state index in [1.807, 2.05) is 35.7 Å². The summed E-state index contributed by atoms with van der Waals surface area (Å²) in [4.78, 5) is 20.3. The van der Waals surface area contributed by atoms with E-state index in [1.54, 1.807) is 23.1 Å². The van der Waals surface area contributed by atoms with E-state index in [2.05, 4.69) is 20.4 Å². The second-order valence-corrected chi connectivity index (χ2v) is 10.5. The lowest BCUT2D eigenvalue weighted by Gasteiger charge is -2.30. The van der Waals surface area contributed by atoms with E-state index in [1.165, 1.54) is 0 Å². The summed E-state index contributed by atoms with van der Waals surface area (Å²) in [5.74, 6) is 3.00. The average molecular weight is 512 g/mol. The summed E-state index contributed by atoms with van der Waals surface area (Å²) in [6.45, 7) is 2.94. The third-order valence-corrected chi connectivity index (χ3v) is 7.94. The number of halogens is 2. The monoisotopic (exact) mass is 510 g/mol. The lowest BCUT2D eigenvalue weighted by molar-refractivity contribution is -0.126. The van der Waals surface area contributed by atoms with Crippen molar-refractivity contribution < 1.29 is 9.32 Å². The van der Waals surface area contributed by atoms with Gasteiger partial charge in [0.1, 0.15) is 0 Å². The van der Waals surface area contributed by atoms with Crippen LogP contribution in [0.5, 0.6) is 0 Å².